The number of nitrogens with zero attached hydrogens (tertiary/aromatic N) is 2. The van der Waals surface area contributed by atoms with Crippen molar-refractivity contribution < 1.29 is 19.1 Å². The van der Waals surface area contributed by atoms with Gasteiger partial charge in [0.15, 0.2) is 0 Å². The lowest BCUT2D eigenvalue weighted by atomic mass is 9.92. The van der Waals surface area contributed by atoms with E-state index in [-0.39, 0.29) is 11.8 Å². The highest BCUT2D eigenvalue weighted by atomic mass is 16.6. The van der Waals surface area contributed by atoms with Crippen LogP contribution in [0.25, 0.3) is 0 Å². The SMILES string of the molecule is CC(C)(C)OC(=O)NCCCCCC(=O)N1Cc2ccccc2C[C@H]1C(=O)N1CCCC1. The Morgan fingerprint density at radius 1 is 1.03 bits per heavy atom. The summed E-state index contributed by atoms with van der Waals surface area (Å²) in [5.74, 6) is 0.129. The summed E-state index contributed by atoms with van der Waals surface area (Å²) >= 11 is 0. The van der Waals surface area contributed by atoms with Crippen molar-refractivity contribution in [3.63, 3.8) is 0 Å². The standard InChI is InChI=1S/C25H37N3O4/c1-25(2,3)32-24(31)26-14-8-4-5-13-22(29)28-18-20-12-7-6-11-19(20)17-21(28)23(30)27-15-9-10-16-27/h6-7,11-12,21H,4-5,8-10,13-18H2,1-3H3,(H,26,31)/t21-/m0/s1. The summed E-state index contributed by atoms with van der Waals surface area (Å²) in [7, 11) is 0. The fourth-order valence-corrected chi connectivity index (χ4v) is 4.38. The van der Waals surface area contributed by atoms with Crippen molar-refractivity contribution in [1.29, 1.82) is 0 Å². The molecule has 2 aliphatic heterocycles. The summed E-state index contributed by atoms with van der Waals surface area (Å²) in [5, 5.41) is 2.75. The predicted molar refractivity (Wildman–Crippen MR) is 123 cm³/mol. The molecule has 0 bridgehead atoms. The van der Waals surface area contributed by atoms with Crippen LogP contribution in [0.3, 0.4) is 0 Å². The molecule has 176 valence electrons. The minimum atomic E-state index is -0.507. The van der Waals surface area contributed by atoms with Gasteiger partial charge in [-0.15, -0.1) is 0 Å². The van der Waals surface area contributed by atoms with Gasteiger partial charge < -0.3 is 19.9 Å². The molecule has 2 aliphatic rings. The molecular formula is C25H37N3O4. The third-order valence-electron chi connectivity index (χ3n) is 6.01. The van der Waals surface area contributed by atoms with E-state index in [1.54, 1.807) is 4.90 Å². The fourth-order valence-electron chi connectivity index (χ4n) is 4.38. The topological polar surface area (TPSA) is 79.0 Å². The zero-order valence-electron chi connectivity index (χ0n) is 19.7. The number of fused-ring (bicyclic) bond motifs is 1. The van der Waals surface area contributed by atoms with Crippen molar-refractivity contribution in [3.05, 3.63) is 35.4 Å². The van der Waals surface area contributed by atoms with E-state index in [1.165, 1.54) is 5.56 Å². The molecule has 32 heavy (non-hydrogen) atoms. The van der Waals surface area contributed by atoms with E-state index in [0.717, 1.165) is 50.8 Å². The Bertz CT molecular complexity index is 812. The number of rotatable bonds is 7. The lowest BCUT2D eigenvalue weighted by molar-refractivity contribution is -0.146. The third kappa shape index (κ3) is 6.71. The van der Waals surface area contributed by atoms with Gasteiger partial charge in [0.2, 0.25) is 11.8 Å². The number of unbranched alkanes of at least 4 members (excludes halogenated alkanes) is 2. The molecule has 0 aromatic heterocycles. The Morgan fingerprint density at radius 3 is 2.41 bits per heavy atom. The number of nitrogens with one attached hydrogen (secondary N) is 1. The molecule has 0 spiro atoms. The van der Waals surface area contributed by atoms with Gasteiger partial charge in [-0.05, 0) is 57.6 Å². The van der Waals surface area contributed by atoms with Gasteiger partial charge in [-0.3, -0.25) is 9.59 Å². The molecule has 1 atom stereocenters. The Morgan fingerprint density at radius 2 is 1.72 bits per heavy atom. The maximum absolute atomic E-state index is 13.2. The molecule has 1 N–H and O–H groups in total. The summed E-state index contributed by atoms with van der Waals surface area (Å²) in [5.41, 5.74) is 1.79. The largest absolute Gasteiger partial charge is 0.444 e. The molecule has 7 heteroatoms. The molecule has 3 rings (SSSR count). The molecule has 1 saturated heterocycles. The van der Waals surface area contributed by atoms with Crippen molar-refractivity contribution in [1.82, 2.24) is 15.1 Å². The third-order valence-corrected chi connectivity index (χ3v) is 6.01. The Hall–Kier alpha value is -2.57. The molecular weight excluding hydrogens is 406 g/mol. The van der Waals surface area contributed by atoms with Gasteiger partial charge in [0.05, 0.1) is 0 Å². The molecule has 2 heterocycles. The normalized spacial score (nSPS) is 18.3. The molecule has 1 aromatic rings. The van der Waals surface area contributed by atoms with Gasteiger partial charge in [-0.25, -0.2) is 4.79 Å². The molecule has 7 nitrogen and oxygen atoms in total. The van der Waals surface area contributed by atoms with Crippen LogP contribution in [0.15, 0.2) is 24.3 Å². The number of likely N-dealkylation sites (tertiary alicyclic amines) is 1. The number of carbonyl (C=O) groups excluding carboxylic acids is 3. The number of hydrogen-bond acceptors (Lipinski definition) is 4. The van der Waals surface area contributed by atoms with Crippen molar-refractivity contribution in [3.8, 4) is 0 Å². The van der Waals surface area contributed by atoms with Crippen LogP contribution in [0.1, 0.15) is 70.4 Å². The lowest BCUT2D eigenvalue weighted by Gasteiger charge is -2.38. The van der Waals surface area contributed by atoms with E-state index >= 15 is 0 Å². The number of amides is 3. The second-order valence-corrected chi connectivity index (χ2v) is 9.78. The summed E-state index contributed by atoms with van der Waals surface area (Å²) < 4.78 is 5.22. The van der Waals surface area contributed by atoms with Gasteiger partial charge >= 0.3 is 6.09 Å². The van der Waals surface area contributed by atoms with E-state index < -0.39 is 17.7 Å². The van der Waals surface area contributed by atoms with Gasteiger partial charge in [0.1, 0.15) is 11.6 Å². The van der Waals surface area contributed by atoms with Crippen LogP contribution in [-0.4, -0.2) is 59.0 Å². The highest BCUT2D eigenvalue weighted by molar-refractivity contribution is 5.88. The second-order valence-electron chi connectivity index (χ2n) is 9.78. The Labute approximate surface area is 191 Å². The smallest absolute Gasteiger partial charge is 0.407 e. The highest BCUT2D eigenvalue weighted by Crippen LogP contribution is 2.26. The first-order chi connectivity index (χ1) is 15.2. The Balaban J connectivity index is 1.49. The molecule has 3 amide bonds. The van der Waals surface area contributed by atoms with Crippen molar-refractivity contribution in [2.75, 3.05) is 19.6 Å². The molecule has 1 fully saturated rings. The van der Waals surface area contributed by atoms with Crippen LogP contribution in [0.5, 0.6) is 0 Å². The van der Waals surface area contributed by atoms with Gasteiger partial charge in [-0.2, -0.15) is 0 Å². The van der Waals surface area contributed by atoms with Crippen LogP contribution >= 0.6 is 0 Å². The molecule has 0 aliphatic carbocycles. The van der Waals surface area contributed by atoms with E-state index in [2.05, 4.69) is 17.4 Å². The summed E-state index contributed by atoms with van der Waals surface area (Å²) in [6, 6.07) is 7.71. The second kappa shape index (κ2) is 10.8. The Kier molecular flexibility index (Phi) is 8.15. The maximum Gasteiger partial charge on any atom is 0.407 e. The van der Waals surface area contributed by atoms with E-state index in [1.807, 2.05) is 37.8 Å². The van der Waals surface area contributed by atoms with Crippen molar-refractivity contribution in [2.24, 2.45) is 0 Å². The van der Waals surface area contributed by atoms with Gasteiger partial charge in [-0.1, -0.05) is 30.7 Å². The minimum absolute atomic E-state index is 0.0390. The van der Waals surface area contributed by atoms with E-state index in [4.69, 9.17) is 4.74 Å². The number of ether oxygens (including phenoxy) is 1. The van der Waals surface area contributed by atoms with Crippen molar-refractivity contribution >= 4 is 17.9 Å². The average Bonchev–Trinajstić information content (AvgIpc) is 3.28. The van der Waals surface area contributed by atoms with E-state index in [0.29, 0.717) is 25.9 Å². The molecule has 0 unspecified atom stereocenters. The van der Waals surface area contributed by atoms with Crippen LogP contribution in [0.4, 0.5) is 4.79 Å². The number of carbonyl (C=O) groups is 3. The van der Waals surface area contributed by atoms with Crippen LogP contribution in [0.2, 0.25) is 0 Å². The molecule has 0 saturated carbocycles. The quantitative estimate of drug-likeness (QED) is 0.653. The summed E-state index contributed by atoms with van der Waals surface area (Å²) in [6.07, 6.45) is 5.03. The minimum Gasteiger partial charge on any atom is -0.444 e. The highest BCUT2D eigenvalue weighted by Gasteiger charge is 2.37. The number of hydrogen-bond donors (Lipinski definition) is 1. The monoisotopic (exact) mass is 443 g/mol. The average molecular weight is 444 g/mol. The van der Waals surface area contributed by atoms with Gasteiger partial charge in [0.25, 0.3) is 0 Å². The number of benzene rings is 1. The predicted octanol–water partition coefficient (Wildman–Crippen LogP) is 3.65. The van der Waals surface area contributed by atoms with Crippen molar-refractivity contribution in [2.45, 2.75) is 83.9 Å². The zero-order chi connectivity index (χ0) is 23.1. The van der Waals surface area contributed by atoms with Crippen LogP contribution in [-0.2, 0) is 27.3 Å². The fraction of sp³-hybridized carbons (Fsp3) is 0.640. The lowest BCUT2D eigenvalue weighted by Crippen LogP contribution is -2.53. The summed E-state index contributed by atoms with van der Waals surface area (Å²) in [4.78, 5) is 41.7. The molecule has 0 radical (unpaired) electrons. The first kappa shape index (κ1) is 24.1. The molecule has 1 aromatic carbocycles. The first-order valence-electron chi connectivity index (χ1n) is 11.9. The van der Waals surface area contributed by atoms with Gasteiger partial charge in [0, 0.05) is 39.0 Å². The first-order valence-corrected chi connectivity index (χ1v) is 11.9. The zero-order valence-corrected chi connectivity index (χ0v) is 19.7. The van der Waals surface area contributed by atoms with Crippen LogP contribution in [0, 0.1) is 0 Å². The maximum atomic E-state index is 13.2. The summed E-state index contributed by atoms with van der Waals surface area (Å²) in [6.45, 7) is 8.11. The van der Waals surface area contributed by atoms with Crippen LogP contribution < -0.4 is 5.32 Å². The van der Waals surface area contributed by atoms with E-state index in [9.17, 15) is 14.4 Å². The number of alkyl carbamates (subject to hydrolysis) is 1.